The van der Waals surface area contributed by atoms with E-state index in [9.17, 15) is 10.2 Å². The number of hydrogen-bond donors (Lipinski definition) is 5. The second-order valence-electron chi connectivity index (χ2n) is 6.08. The Morgan fingerprint density at radius 3 is 2.39 bits per heavy atom. The Kier molecular flexibility index (Phi) is 8.13. The van der Waals surface area contributed by atoms with E-state index in [-0.39, 0.29) is 16.5 Å². The maximum absolute atomic E-state index is 9.52. The van der Waals surface area contributed by atoms with Crippen molar-refractivity contribution in [1.29, 1.82) is 0 Å². The molecule has 0 fully saturated rings. The number of ether oxygens (including phenoxy) is 1. The number of benzene rings is 2. The third-order valence-electron chi connectivity index (χ3n) is 3.75. The van der Waals surface area contributed by atoms with Gasteiger partial charge < -0.3 is 25.2 Å². The molecular weight excluding hydrogens is 384 g/mol. The van der Waals surface area contributed by atoms with Crippen LogP contribution < -0.4 is 4.74 Å². The molecule has 0 amide bonds. The van der Waals surface area contributed by atoms with Gasteiger partial charge in [0.15, 0.2) is 6.29 Å². The number of nitrogens with one attached hydrogen (secondary N) is 1. The average molecular weight is 407 g/mol. The van der Waals surface area contributed by atoms with E-state index in [4.69, 9.17) is 26.6 Å². The fraction of sp³-hybridized carbons (Fsp3) is 0.250. The molecule has 0 radical (unpaired) electrons. The number of aromatic amines is 1. The van der Waals surface area contributed by atoms with E-state index in [1.54, 1.807) is 12.3 Å². The number of halogens is 1. The molecule has 8 heteroatoms. The Morgan fingerprint density at radius 1 is 1.07 bits per heavy atom. The van der Waals surface area contributed by atoms with E-state index in [1.807, 2.05) is 31.2 Å². The Balaban J connectivity index is 0.000000200. The van der Waals surface area contributed by atoms with Crippen LogP contribution in [0.5, 0.6) is 17.2 Å². The van der Waals surface area contributed by atoms with Crippen LogP contribution in [0, 0.1) is 6.92 Å². The number of aliphatic hydroxyl groups excluding tert-OH is 1. The molecule has 0 saturated heterocycles. The number of aryl methyl sites for hydroxylation is 1. The molecule has 3 aromatic rings. The van der Waals surface area contributed by atoms with Gasteiger partial charge in [-0.25, -0.2) is 0 Å². The molecule has 0 atom stereocenters. The molecule has 0 saturated carbocycles. The lowest BCUT2D eigenvalue weighted by atomic mass is 10.1. The predicted molar refractivity (Wildman–Crippen MR) is 106 cm³/mol. The predicted octanol–water partition coefficient (Wildman–Crippen LogP) is 3.61. The maximum Gasteiger partial charge on any atom is 0.151 e. The molecule has 5 N–H and O–H groups in total. The van der Waals surface area contributed by atoms with Gasteiger partial charge in [-0.3, -0.25) is 5.10 Å². The summed E-state index contributed by atoms with van der Waals surface area (Å²) in [5.74, 6) is 0.631. The smallest absolute Gasteiger partial charge is 0.151 e. The number of phenolic OH excluding ortho intramolecular Hbond substituents is 2. The first-order valence-corrected chi connectivity index (χ1v) is 9.01. The topological polar surface area (TPSA) is 119 Å². The van der Waals surface area contributed by atoms with Crippen molar-refractivity contribution in [2.45, 2.75) is 26.1 Å². The van der Waals surface area contributed by atoms with Gasteiger partial charge >= 0.3 is 0 Å². The lowest BCUT2D eigenvalue weighted by Crippen LogP contribution is -2.07. The zero-order valence-electron chi connectivity index (χ0n) is 15.3. The Labute approximate surface area is 167 Å². The van der Waals surface area contributed by atoms with Crippen molar-refractivity contribution >= 4 is 11.6 Å². The monoisotopic (exact) mass is 406 g/mol. The molecule has 0 aliphatic heterocycles. The summed E-state index contributed by atoms with van der Waals surface area (Å²) in [6, 6.07) is 12.1. The molecule has 1 aromatic heterocycles. The number of phenols is 2. The molecule has 0 bridgehead atoms. The summed E-state index contributed by atoms with van der Waals surface area (Å²) in [6.45, 7) is 2.53. The zero-order valence-corrected chi connectivity index (χ0v) is 16.1. The van der Waals surface area contributed by atoms with Gasteiger partial charge in [0.05, 0.1) is 17.3 Å². The summed E-state index contributed by atoms with van der Waals surface area (Å²) >= 11 is 5.71. The van der Waals surface area contributed by atoms with E-state index < -0.39 is 6.29 Å². The summed E-state index contributed by atoms with van der Waals surface area (Å²) in [6.07, 6.45) is 1.34. The molecule has 0 aliphatic carbocycles. The summed E-state index contributed by atoms with van der Waals surface area (Å²) in [7, 11) is 0. The highest BCUT2D eigenvalue weighted by Crippen LogP contribution is 2.36. The first kappa shape index (κ1) is 21.6. The number of aromatic hydroxyl groups is 2. The molecule has 0 aliphatic rings. The summed E-state index contributed by atoms with van der Waals surface area (Å²) in [5.41, 5.74) is 2.35. The number of hydrogen-bond acceptors (Lipinski definition) is 6. The van der Waals surface area contributed by atoms with Crippen LogP contribution in [-0.2, 0) is 0 Å². The highest BCUT2D eigenvalue weighted by atomic mass is 35.5. The molecular formula is C20H23ClN2O5. The molecule has 3 rings (SSSR count). The zero-order chi connectivity index (χ0) is 20.5. The fourth-order valence-corrected chi connectivity index (χ4v) is 2.43. The first-order valence-electron chi connectivity index (χ1n) is 8.63. The van der Waals surface area contributed by atoms with Crippen molar-refractivity contribution in [2.24, 2.45) is 0 Å². The normalized spacial score (nSPS) is 10.5. The standard InChI is InChI=1S/C11H16O3.C9H7ClN2O2/c1-9-4-6-10(7-5-9)14-8-2-3-11(12)13;10-6-3-5(7-1-2-11-12-7)8(13)4-9(6)14/h4-7,11-13H,2-3,8H2,1H3;1-4,13-14H,(H,11,12). The van der Waals surface area contributed by atoms with Crippen LogP contribution in [0.4, 0.5) is 0 Å². The van der Waals surface area contributed by atoms with E-state index in [0.29, 0.717) is 30.7 Å². The van der Waals surface area contributed by atoms with Crippen LogP contribution in [0.2, 0.25) is 5.02 Å². The van der Waals surface area contributed by atoms with Gasteiger partial charge in [-0.1, -0.05) is 29.3 Å². The molecule has 28 heavy (non-hydrogen) atoms. The summed E-state index contributed by atoms with van der Waals surface area (Å²) in [4.78, 5) is 0. The molecule has 1 heterocycles. The van der Waals surface area contributed by atoms with Crippen LogP contribution in [0.25, 0.3) is 11.3 Å². The van der Waals surface area contributed by atoms with Gasteiger partial charge in [-0.05, 0) is 37.6 Å². The van der Waals surface area contributed by atoms with Gasteiger partial charge in [-0.2, -0.15) is 5.10 Å². The summed E-state index contributed by atoms with van der Waals surface area (Å²) in [5, 5.41) is 42.5. The van der Waals surface area contributed by atoms with E-state index in [0.717, 1.165) is 5.75 Å². The average Bonchev–Trinajstić information content (AvgIpc) is 3.18. The van der Waals surface area contributed by atoms with Crippen molar-refractivity contribution in [3.05, 3.63) is 59.2 Å². The van der Waals surface area contributed by atoms with Crippen LogP contribution in [-0.4, -0.2) is 43.5 Å². The van der Waals surface area contributed by atoms with E-state index in [2.05, 4.69) is 10.2 Å². The van der Waals surface area contributed by atoms with Crippen LogP contribution in [0.3, 0.4) is 0 Å². The minimum absolute atomic E-state index is 0.0452. The Hall–Kier alpha value is -2.74. The third-order valence-corrected chi connectivity index (χ3v) is 4.06. The van der Waals surface area contributed by atoms with Crippen molar-refractivity contribution in [2.75, 3.05) is 6.61 Å². The van der Waals surface area contributed by atoms with Gasteiger partial charge in [-0.15, -0.1) is 0 Å². The van der Waals surface area contributed by atoms with Gasteiger partial charge in [0.2, 0.25) is 0 Å². The van der Waals surface area contributed by atoms with Crippen molar-refractivity contribution in [3.63, 3.8) is 0 Å². The minimum atomic E-state index is -1.23. The van der Waals surface area contributed by atoms with Crippen molar-refractivity contribution < 1.29 is 25.2 Å². The van der Waals surface area contributed by atoms with E-state index in [1.165, 1.54) is 17.7 Å². The minimum Gasteiger partial charge on any atom is -0.507 e. The first-order chi connectivity index (χ1) is 13.4. The van der Waals surface area contributed by atoms with Crippen molar-refractivity contribution in [1.82, 2.24) is 10.2 Å². The highest BCUT2D eigenvalue weighted by molar-refractivity contribution is 6.32. The molecule has 0 unspecified atom stereocenters. The maximum atomic E-state index is 9.52. The second-order valence-corrected chi connectivity index (χ2v) is 6.48. The number of H-pyrrole nitrogens is 1. The number of rotatable bonds is 6. The molecule has 7 nitrogen and oxygen atoms in total. The highest BCUT2D eigenvalue weighted by Gasteiger charge is 2.09. The molecule has 0 spiro atoms. The fourth-order valence-electron chi connectivity index (χ4n) is 2.26. The van der Waals surface area contributed by atoms with E-state index >= 15 is 0 Å². The molecule has 2 aromatic carbocycles. The van der Waals surface area contributed by atoms with Gasteiger partial charge in [0.1, 0.15) is 17.2 Å². The second kappa shape index (κ2) is 10.6. The quantitative estimate of drug-likeness (QED) is 0.315. The summed E-state index contributed by atoms with van der Waals surface area (Å²) < 4.78 is 5.39. The van der Waals surface area contributed by atoms with Crippen LogP contribution in [0.1, 0.15) is 18.4 Å². The third kappa shape index (κ3) is 6.77. The lowest BCUT2D eigenvalue weighted by molar-refractivity contribution is -0.0479. The van der Waals surface area contributed by atoms with Crippen LogP contribution >= 0.6 is 11.6 Å². The largest absolute Gasteiger partial charge is 0.507 e. The molecule has 150 valence electrons. The Bertz CT molecular complexity index is 852. The van der Waals surface area contributed by atoms with Crippen molar-refractivity contribution in [3.8, 4) is 28.5 Å². The SMILES string of the molecule is Cc1ccc(OCCCC(O)O)cc1.Oc1cc(O)c(-c2ccn[nH]2)cc1Cl. The Morgan fingerprint density at radius 2 is 1.79 bits per heavy atom. The van der Waals surface area contributed by atoms with Crippen LogP contribution in [0.15, 0.2) is 48.7 Å². The number of nitrogens with zero attached hydrogens (tertiary/aromatic N) is 1. The number of aromatic nitrogens is 2. The van der Waals surface area contributed by atoms with Gasteiger partial charge in [0, 0.05) is 24.2 Å². The number of aliphatic hydroxyl groups is 2. The van der Waals surface area contributed by atoms with Gasteiger partial charge in [0.25, 0.3) is 0 Å². The lowest BCUT2D eigenvalue weighted by Gasteiger charge is -2.06.